The summed E-state index contributed by atoms with van der Waals surface area (Å²) in [5.41, 5.74) is 2.26. The lowest BCUT2D eigenvalue weighted by atomic mass is 9.80. The summed E-state index contributed by atoms with van der Waals surface area (Å²) in [4.78, 5) is 16.9. The van der Waals surface area contributed by atoms with Crippen molar-refractivity contribution in [2.24, 2.45) is 11.8 Å². The molecule has 0 saturated carbocycles. The molecule has 5 nitrogen and oxygen atoms in total. The summed E-state index contributed by atoms with van der Waals surface area (Å²) in [5.74, 6) is 0.0312. The van der Waals surface area contributed by atoms with E-state index in [9.17, 15) is 4.79 Å². The van der Waals surface area contributed by atoms with Crippen LogP contribution < -0.4 is 5.32 Å². The van der Waals surface area contributed by atoms with E-state index in [4.69, 9.17) is 9.47 Å². The first-order chi connectivity index (χ1) is 12.6. The van der Waals surface area contributed by atoms with Crippen LogP contribution in [0.5, 0.6) is 0 Å². The van der Waals surface area contributed by atoms with Crippen LogP contribution in [0.2, 0.25) is 0 Å². The summed E-state index contributed by atoms with van der Waals surface area (Å²) in [6, 6.07) is 5.88. The number of hydrogen-bond donors (Lipinski definition) is 1. The number of aromatic nitrogens is 1. The molecule has 26 heavy (non-hydrogen) atoms. The van der Waals surface area contributed by atoms with Gasteiger partial charge in [0.2, 0.25) is 0 Å². The van der Waals surface area contributed by atoms with Crippen LogP contribution in [0.15, 0.2) is 36.0 Å². The molecular formula is C21H28N2O3. The highest BCUT2D eigenvalue weighted by Crippen LogP contribution is 2.50. The first-order valence-electron chi connectivity index (χ1n) is 9.71. The Morgan fingerprint density at radius 3 is 3.08 bits per heavy atom. The van der Waals surface area contributed by atoms with Crippen LogP contribution in [0.25, 0.3) is 0 Å². The lowest BCUT2D eigenvalue weighted by Crippen LogP contribution is -2.34. The standard InChI is InChI=1S/C21H28N2O3/c1-14-6-5-10-21(2)19(26-21)18-16(9-8-14)17(20(24)25-18)13-22-12-15-7-3-4-11-23-15/h3-4,6-7,11,16-19,22H,5,8-10,12-13H2,1-2H3/b14-6+/t16-,17-,18+,19-,21+/m0/s1. The molecule has 0 aromatic carbocycles. The van der Waals surface area contributed by atoms with Crippen LogP contribution in [0.1, 0.15) is 45.2 Å². The fourth-order valence-electron chi connectivity index (χ4n) is 4.43. The zero-order valence-electron chi connectivity index (χ0n) is 15.6. The SMILES string of the molecule is C/C1=C\CC[C@@]2(C)O[C@H]2[C@@H]2OC(=O)[C@@H](CNCc3ccccn3)[C@@H]2CC1. The van der Waals surface area contributed by atoms with E-state index >= 15 is 0 Å². The average molecular weight is 356 g/mol. The second kappa shape index (κ2) is 7.12. The molecule has 5 heteroatoms. The van der Waals surface area contributed by atoms with Crippen molar-refractivity contribution in [1.29, 1.82) is 0 Å². The van der Waals surface area contributed by atoms with Crippen molar-refractivity contribution in [3.63, 3.8) is 0 Å². The average Bonchev–Trinajstić information content (AvgIpc) is 3.20. The van der Waals surface area contributed by atoms with E-state index in [2.05, 4.69) is 30.2 Å². The number of epoxide rings is 1. The molecule has 0 bridgehead atoms. The molecule has 1 aromatic rings. The van der Waals surface area contributed by atoms with E-state index in [-0.39, 0.29) is 35.6 Å². The van der Waals surface area contributed by atoms with Crippen LogP contribution in [0.4, 0.5) is 0 Å². The molecular weight excluding hydrogens is 328 g/mol. The second-order valence-corrected chi connectivity index (χ2v) is 8.10. The third-order valence-electron chi connectivity index (χ3n) is 6.14. The Balaban J connectivity index is 1.44. The molecule has 0 unspecified atom stereocenters. The van der Waals surface area contributed by atoms with Gasteiger partial charge in [0.25, 0.3) is 0 Å². The third kappa shape index (κ3) is 3.55. The van der Waals surface area contributed by atoms with Gasteiger partial charge in [0.15, 0.2) is 0 Å². The van der Waals surface area contributed by atoms with Crippen molar-refractivity contribution in [3.05, 3.63) is 41.7 Å². The van der Waals surface area contributed by atoms with Crippen molar-refractivity contribution in [1.82, 2.24) is 10.3 Å². The lowest BCUT2D eigenvalue weighted by Gasteiger charge is -2.22. The van der Waals surface area contributed by atoms with Gasteiger partial charge in [-0.25, -0.2) is 0 Å². The minimum absolute atomic E-state index is 0.0593. The van der Waals surface area contributed by atoms with Crippen LogP contribution >= 0.6 is 0 Å². The van der Waals surface area contributed by atoms with Gasteiger partial charge in [0.05, 0.1) is 17.2 Å². The van der Waals surface area contributed by atoms with E-state index in [1.54, 1.807) is 6.20 Å². The first-order valence-corrected chi connectivity index (χ1v) is 9.71. The highest BCUT2D eigenvalue weighted by molar-refractivity contribution is 5.75. The van der Waals surface area contributed by atoms with Gasteiger partial charge in [0, 0.05) is 25.2 Å². The highest BCUT2D eigenvalue weighted by atomic mass is 16.6. The largest absolute Gasteiger partial charge is 0.459 e. The Bertz CT molecular complexity index is 690. The fourth-order valence-corrected chi connectivity index (χ4v) is 4.43. The fraction of sp³-hybridized carbons (Fsp3) is 0.619. The molecule has 0 radical (unpaired) electrons. The summed E-state index contributed by atoms with van der Waals surface area (Å²) in [5, 5.41) is 3.40. The Morgan fingerprint density at radius 1 is 1.38 bits per heavy atom. The van der Waals surface area contributed by atoms with Crippen molar-refractivity contribution in [3.8, 4) is 0 Å². The molecule has 5 atom stereocenters. The molecule has 1 N–H and O–H groups in total. The first kappa shape index (κ1) is 17.7. The molecule has 2 saturated heterocycles. The number of carbonyl (C=O) groups excluding carboxylic acids is 1. The maximum Gasteiger partial charge on any atom is 0.311 e. The summed E-state index contributed by atoms with van der Waals surface area (Å²) in [7, 11) is 0. The van der Waals surface area contributed by atoms with Gasteiger partial charge < -0.3 is 14.8 Å². The number of allylic oxidation sites excluding steroid dienone is 2. The van der Waals surface area contributed by atoms with Crippen molar-refractivity contribution >= 4 is 5.97 Å². The smallest absolute Gasteiger partial charge is 0.311 e. The molecule has 1 aliphatic carbocycles. The van der Waals surface area contributed by atoms with Gasteiger partial charge in [-0.3, -0.25) is 9.78 Å². The van der Waals surface area contributed by atoms with Gasteiger partial charge in [-0.15, -0.1) is 0 Å². The summed E-state index contributed by atoms with van der Waals surface area (Å²) in [6.07, 6.45) is 8.12. The molecule has 2 aliphatic heterocycles. The van der Waals surface area contributed by atoms with Crippen molar-refractivity contribution in [2.75, 3.05) is 6.54 Å². The van der Waals surface area contributed by atoms with Crippen molar-refractivity contribution < 1.29 is 14.3 Å². The number of nitrogens with zero attached hydrogens (tertiary/aromatic N) is 1. The van der Waals surface area contributed by atoms with Gasteiger partial charge >= 0.3 is 5.97 Å². The third-order valence-corrected chi connectivity index (χ3v) is 6.14. The van der Waals surface area contributed by atoms with Crippen LogP contribution in [-0.4, -0.2) is 35.3 Å². The number of carbonyl (C=O) groups is 1. The molecule has 1 aromatic heterocycles. The van der Waals surface area contributed by atoms with E-state index in [1.807, 2.05) is 18.2 Å². The van der Waals surface area contributed by atoms with Gasteiger partial charge in [-0.1, -0.05) is 17.7 Å². The number of esters is 1. The monoisotopic (exact) mass is 356 g/mol. The number of ether oxygens (including phenoxy) is 2. The molecule has 3 aliphatic rings. The number of fused-ring (bicyclic) bond motifs is 3. The molecule has 2 fully saturated rings. The van der Waals surface area contributed by atoms with E-state index in [0.717, 1.165) is 31.4 Å². The lowest BCUT2D eigenvalue weighted by molar-refractivity contribution is -0.144. The number of hydrogen-bond acceptors (Lipinski definition) is 5. The van der Waals surface area contributed by atoms with E-state index in [1.165, 1.54) is 5.57 Å². The Kier molecular flexibility index (Phi) is 4.84. The van der Waals surface area contributed by atoms with Gasteiger partial charge in [-0.2, -0.15) is 0 Å². The molecule has 0 spiro atoms. The minimum atomic E-state index is -0.131. The van der Waals surface area contributed by atoms with Crippen LogP contribution in [0.3, 0.4) is 0 Å². The quantitative estimate of drug-likeness (QED) is 0.510. The topological polar surface area (TPSA) is 63.8 Å². The maximum atomic E-state index is 12.6. The minimum Gasteiger partial charge on any atom is -0.459 e. The molecule has 0 amide bonds. The Morgan fingerprint density at radius 2 is 2.27 bits per heavy atom. The van der Waals surface area contributed by atoms with Gasteiger partial charge in [-0.05, 0) is 51.7 Å². The van der Waals surface area contributed by atoms with Crippen molar-refractivity contribution in [2.45, 2.75) is 63.9 Å². The predicted octanol–water partition coefficient (Wildman–Crippen LogP) is 3.01. The normalized spacial score (nSPS) is 38.5. The summed E-state index contributed by atoms with van der Waals surface area (Å²) in [6.45, 7) is 5.64. The Labute approximate surface area is 155 Å². The zero-order chi connectivity index (χ0) is 18.1. The molecule has 3 heterocycles. The van der Waals surface area contributed by atoms with Gasteiger partial charge in [0.1, 0.15) is 12.2 Å². The summed E-state index contributed by atoms with van der Waals surface area (Å²) >= 11 is 0. The maximum absolute atomic E-state index is 12.6. The van der Waals surface area contributed by atoms with Crippen LogP contribution in [0, 0.1) is 11.8 Å². The number of nitrogens with one attached hydrogen (secondary N) is 1. The summed E-state index contributed by atoms with van der Waals surface area (Å²) < 4.78 is 11.8. The van der Waals surface area contributed by atoms with E-state index < -0.39 is 0 Å². The number of rotatable bonds is 4. The highest BCUT2D eigenvalue weighted by Gasteiger charge is 2.62. The van der Waals surface area contributed by atoms with E-state index in [0.29, 0.717) is 13.1 Å². The second-order valence-electron chi connectivity index (χ2n) is 8.10. The molecule has 140 valence electrons. The zero-order valence-corrected chi connectivity index (χ0v) is 15.6. The van der Waals surface area contributed by atoms with Crippen LogP contribution in [-0.2, 0) is 20.8 Å². The predicted molar refractivity (Wildman–Crippen MR) is 98.3 cm³/mol. The molecule has 4 rings (SSSR count). The number of pyridine rings is 1. The Hall–Kier alpha value is -1.72.